The minimum Gasteiger partial charge on any atom is -0.504 e. The van der Waals surface area contributed by atoms with E-state index in [9.17, 15) is 10.2 Å². The minimum atomic E-state index is -0.0828. The van der Waals surface area contributed by atoms with E-state index in [2.05, 4.69) is 24.3 Å². The highest BCUT2D eigenvalue weighted by Crippen LogP contribution is 2.44. The predicted molar refractivity (Wildman–Crippen MR) is 83.4 cm³/mol. The molecule has 0 bridgehead atoms. The van der Waals surface area contributed by atoms with Gasteiger partial charge in [-0.1, -0.05) is 54.6 Å². The summed E-state index contributed by atoms with van der Waals surface area (Å²) in [6, 6.07) is 19.6. The van der Waals surface area contributed by atoms with Crippen LogP contribution in [-0.2, 0) is 6.42 Å². The maximum atomic E-state index is 10.1. The standard InChI is InChI=1S/C19H14O2/c20-18-10-4-9-16(19(18)21)15-8-3-7-14-13-6-2-1-5-12(13)11-17(14)15/h1-10,20-21H,11H2. The van der Waals surface area contributed by atoms with Crippen LogP contribution in [0.5, 0.6) is 11.5 Å². The first-order chi connectivity index (χ1) is 10.3. The first kappa shape index (κ1) is 12.0. The Bertz CT molecular complexity index is 850. The predicted octanol–water partition coefficient (Wildman–Crippen LogP) is 4.34. The molecular weight excluding hydrogens is 260 g/mol. The molecule has 4 rings (SSSR count). The van der Waals surface area contributed by atoms with Crippen LogP contribution >= 0.6 is 0 Å². The average Bonchev–Trinajstić information content (AvgIpc) is 2.89. The van der Waals surface area contributed by atoms with E-state index in [0.29, 0.717) is 5.56 Å². The number of fused-ring (bicyclic) bond motifs is 3. The van der Waals surface area contributed by atoms with Crippen LogP contribution in [-0.4, -0.2) is 10.2 Å². The molecule has 0 unspecified atom stereocenters. The number of phenolic OH excluding ortho intramolecular Hbond substituents is 2. The van der Waals surface area contributed by atoms with E-state index in [-0.39, 0.29) is 11.5 Å². The monoisotopic (exact) mass is 274 g/mol. The van der Waals surface area contributed by atoms with Gasteiger partial charge in [0.2, 0.25) is 0 Å². The molecule has 0 atom stereocenters. The summed E-state index contributed by atoms with van der Waals surface area (Å²) in [5.41, 5.74) is 6.65. The third-order valence-electron chi connectivity index (χ3n) is 4.16. The summed E-state index contributed by atoms with van der Waals surface area (Å²) in [5, 5.41) is 19.9. The fourth-order valence-corrected chi connectivity index (χ4v) is 3.16. The summed E-state index contributed by atoms with van der Waals surface area (Å²) in [5.74, 6) is -0.137. The lowest BCUT2D eigenvalue weighted by Gasteiger charge is -2.11. The number of para-hydroxylation sites is 1. The third kappa shape index (κ3) is 1.73. The molecule has 0 saturated carbocycles. The topological polar surface area (TPSA) is 40.5 Å². The summed E-state index contributed by atoms with van der Waals surface area (Å²) in [7, 11) is 0. The van der Waals surface area contributed by atoms with E-state index in [0.717, 1.165) is 12.0 Å². The van der Waals surface area contributed by atoms with Crippen molar-refractivity contribution in [3.8, 4) is 33.8 Å². The second kappa shape index (κ2) is 4.38. The lowest BCUT2D eigenvalue weighted by molar-refractivity contribution is 0.405. The van der Waals surface area contributed by atoms with Gasteiger partial charge in [0.15, 0.2) is 11.5 Å². The third-order valence-corrected chi connectivity index (χ3v) is 4.16. The van der Waals surface area contributed by atoms with Gasteiger partial charge < -0.3 is 10.2 Å². The van der Waals surface area contributed by atoms with Gasteiger partial charge in [-0.25, -0.2) is 0 Å². The normalized spacial score (nSPS) is 12.0. The van der Waals surface area contributed by atoms with E-state index in [1.807, 2.05) is 24.3 Å². The van der Waals surface area contributed by atoms with Gasteiger partial charge in [0, 0.05) is 5.56 Å². The van der Waals surface area contributed by atoms with E-state index in [4.69, 9.17) is 0 Å². The largest absolute Gasteiger partial charge is 0.504 e. The molecule has 0 amide bonds. The van der Waals surface area contributed by atoms with Gasteiger partial charge in [-0.15, -0.1) is 0 Å². The van der Waals surface area contributed by atoms with Crippen LogP contribution < -0.4 is 0 Å². The number of aromatic hydroxyl groups is 2. The Balaban J connectivity index is 1.97. The number of hydrogen-bond donors (Lipinski definition) is 2. The highest BCUT2D eigenvalue weighted by molar-refractivity contribution is 5.86. The Morgan fingerprint density at radius 2 is 1.24 bits per heavy atom. The summed E-state index contributed by atoms with van der Waals surface area (Å²) in [6.45, 7) is 0. The van der Waals surface area contributed by atoms with E-state index in [1.54, 1.807) is 6.07 Å². The Labute approximate surface area is 122 Å². The van der Waals surface area contributed by atoms with Crippen molar-refractivity contribution in [1.29, 1.82) is 0 Å². The van der Waals surface area contributed by atoms with Gasteiger partial charge >= 0.3 is 0 Å². The Kier molecular flexibility index (Phi) is 2.51. The zero-order chi connectivity index (χ0) is 14.4. The van der Waals surface area contributed by atoms with Gasteiger partial charge in [-0.3, -0.25) is 0 Å². The maximum absolute atomic E-state index is 10.1. The molecule has 21 heavy (non-hydrogen) atoms. The first-order valence-corrected chi connectivity index (χ1v) is 6.97. The molecule has 0 spiro atoms. The Hall–Kier alpha value is -2.74. The lowest BCUT2D eigenvalue weighted by atomic mass is 9.95. The van der Waals surface area contributed by atoms with Gasteiger partial charge in [0.1, 0.15) is 0 Å². The highest BCUT2D eigenvalue weighted by Gasteiger charge is 2.22. The van der Waals surface area contributed by atoms with Gasteiger partial charge in [-0.05, 0) is 40.3 Å². The van der Waals surface area contributed by atoms with Gasteiger partial charge in [-0.2, -0.15) is 0 Å². The molecule has 1 aliphatic rings. The van der Waals surface area contributed by atoms with Gasteiger partial charge in [0.05, 0.1) is 0 Å². The van der Waals surface area contributed by atoms with Crippen LogP contribution in [0.1, 0.15) is 11.1 Å². The van der Waals surface area contributed by atoms with Crippen LogP contribution in [0.4, 0.5) is 0 Å². The zero-order valence-corrected chi connectivity index (χ0v) is 11.4. The fourth-order valence-electron chi connectivity index (χ4n) is 3.16. The van der Waals surface area contributed by atoms with Crippen molar-refractivity contribution in [2.24, 2.45) is 0 Å². The number of phenols is 2. The second-order valence-corrected chi connectivity index (χ2v) is 5.34. The molecule has 2 heteroatoms. The van der Waals surface area contributed by atoms with Crippen LogP contribution in [0, 0.1) is 0 Å². The average molecular weight is 274 g/mol. The summed E-state index contributed by atoms with van der Waals surface area (Å²) in [6.07, 6.45) is 0.858. The number of benzene rings is 3. The molecule has 0 heterocycles. The van der Waals surface area contributed by atoms with Crippen molar-refractivity contribution >= 4 is 0 Å². The van der Waals surface area contributed by atoms with Crippen molar-refractivity contribution < 1.29 is 10.2 Å². The van der Waals surface area contributed by atoms with Crippen molar-refractivity contribution in [2.75, 3.05) is 0 Å². The second-order valence-electron chi connectivity index (χ2n) is 5.34. The maximum Gasteiger partial charge on any atom is 0.165 e. The molecule has 2 nitrogen and oxygen atoms in total. The molecule has 0 aromatic heterocycles. The van der Waals surface area contributed by atoms with Crippen molar-refractivity contribution in [3.63, 3.8) is 0 Å². The molecule has 0 aliphatic heterocycles. The highest BCUT2D eigenvalue weighted by atomic mass is 16.3. The SMILES string of the molecule is Oc1cccc(-c2cccc3c2Cc2ccccc2-3)c1O. The minimum absolute atomic E-state index is 0.0538. The Morgan fingerprint density at radius 1 is 0.619 bits per heavy atom. The summed E-state index contributed by atoms with van der Waals surface area (Å²) >= 11 is 0. The smallest absolute Gasteiger partial charge is 0.165 e. The zero-order valence-electron chi connectivity index (χ0n) is 11.4. The first-order valence-electron chi connectivity index (χ1n) is 6.97. The van der Waals surface area contributed by atoms with E-state index < -0.39 is 0 Å². The Morgan fingerprint density at radius 3 is 2.10 bits per heavy atom. The quantitative estimate of drug-likeness (QED) is 0.507. The molecule has 1 aliphatic carbocycles. The lowest BCUT2D eigenvalue weighted by Crippen LogP contribution is -1.88. The molecule has 2 N–H and O–H groups in total. The summed E-state index contributed by atoms with van der Waals surface area (Å²) in [4.78, 5) is 0. The molecule has 0 saturated heterocycles. The van der Waals surface area contributed by atoms with E-state index >= 15 is 0 Å². The fraction of sp³-hybridized carbons (Fsp3) is 0.0526. The molecule has 0 fully saturated rings. The van der Waals surface area contributed by atoms with Crippen molar-refractivity contribution in [1.82, 2.24) is 0 Å². The van der Waals surface area contributed by atoms with Crippen molar-refractivity contribution in [2.45, 2.75) is 6.42 Å². The molecule has 0 radical (unpaired) electrons. The molecule has 102 valence electrons. The molecule has 3 aromatic rings. The van der Waals surface area contributed by atoms with Crippen molar-refractivity contribution in [3.05, 3.63) is 71.8 Å². The number of hydrogen-bond acceptors (Lipinski definition) is 2. The van der Waals surface area contributed by atoms with Gasteiger partial charge in [0.25, 0.3) is 0 Å². The van der Waals surface area contributed by atoms with Crippen LogP contribution in [0.2, 0.25) is 0 Å². The van der Waals surface area contributed by atoms with Crippen LogP contribution in [0.15, 0.2) is 60.7 Å². The van der Waals surface area contributed by atoms with Crippen LogP contribution in [0.25, 0.3) is 22.3 Å². The van der Waals surface area contributed by atoms with E-state index in [1.165, 1.54) is 28.3 Å². The van der Waals surface area contributed by atoms with Crippen LogP contribution in [0.3, 0.4) is 0 Å². The summed E-state index contributed by atoms with van der Waals surface area (Å²) < 4.78 is 0. The molecular formula is C19H14O2. The molecule has 3 aromatic carbocycles. The number of rotatable bonds is 1.